The Morgan fingerprint density at radius 2 is 1.81 bits per heavy atom. The van der Waals surface area contributed by atoms with Gasteiger partial charge in [-0.15, -0.1) is 0 Å². The highest BCUT2D eigenvalue weighted by Gasteiger charge is 2.26. The maximum atomic E-state index is 12.9. The number of amides is 1. The second kappa shape index (κ2) is 10.3. The van der Waals surface area contributed by atoms with Gasteiger partial charge in [0.1, 0.15) is 11.5 Å². The second-order valence-electron chi connectivity index (χ2n) is 7.87. The van der Waals surface area contributed by atoms with Crippen molar-refractivity contribution in [2.45, 2.75) is 25.3 Å². The van der Waals surface area contributed by atoms with Crippen LogP contribution in [0.2, 0.25) is 0 Å². The highest BCUT2D eigenvalue weighted by atomic mass is 16.5. The van der Waals surface area contributed by atoms with Gasteiger partial charge in [-0.3, -0.25) is 9.69 Å². The predicted molar refractivity (Wildman–Crippen MR) is 122 cm³/mol. The maximum Gasteiger partial charge on any atom is 0.273 e. The molecular weight excluding hydrogens is 406 g/mol. The van der Waals surface area contributed by atoms with Crippen molar-refractivity contribution in [3.05, 3.63) is 65.9 Å². The summed E-state index contributed by atoms with van der Waals surface area (Å²) in [5.41, 5.74) is 2.17. The molecule has 0 saturated carbocycles. The zero-order valence-corrected chi connectivity index (χ0v) is 18.5. The van der Waals surface area contributed by atoms with Crippen LogP contribution in [0.3, 0.4) is 0 Å². The molecule has 1 aliphatic heterocycles. The Kier molecular flexibility index (Phi) is 7.07. The first-order valence-electron chi connectivity index (χ1n) is 11.0. The molecule has 1 N–H and O–H groups in total. The van der Waals surface area contributed by atoms with Gasteiger partial charge in [-0.05, 0) is 56.3 Å². The number of carbonyl (C=O) groups excluding carboxylic acids is 1. The number of hydrogen-bond donors (Lipinski definition) is 1. The minimum absolute atomic E-state index is 0.0309. The van der Waals surface area contributed by atoms with E-state index in [0.29, 0.717) is 12.3 Å². The van der Waals surface area contributed by atoms with Gasteiger partial charge in [0, 0.05) is 23.7 Å². The fourth-order valence-electron chi connectivity index (χ4n) is 4.16. The van der Waals surface area contributed by atoms with Gasteiger partial charge in [-0.25, -0.2) is 0 Å². The van der Waals surface area contributed by atoms with Gasteiger partial charge in [-0.2, -0.15) is 0 Å². The van der Waals surface area contributed by atoms with Crippen LogP contribution in [-0.2, 0) is 0 Å². The van der Waals surface area contributed by atoms with Crippen molar-refractivity contribution < 1.29 is 18.8 Å². The summed E-state index contributed by atoms with van der Waals surface area (Å²) in [4.78, 5) is 15.3. The molecule has 1 amide bonds. The van der Waals surface area contributed by atoms with Crippen LogP contribution in [0.1, 0.15) is 41.4 Å². The van der Waals surface area contributed by atoms with Gasteiger partial charge in [0.2, 0.25) is 0 Å². The number of para-hydroxylation sites is 1. The van der Waals surface area contributed by atoms with Crippen LogP contribution in [0.15, 0.2) is 59.1 Å². The van der Waals surface area contributed by atoms with E-state index in [9.17, 15) is 4.79 Å². The van der Waals surface area contributed by atoms with E-state index in [1.54, 1.807) is 20.3 Å². The molecule has 1 atom stereocenters. The molecule has 1 fully saturated rings. The van der Waals surface area contributed by atoms with E-state index in [0.717, 1.165) is 48.6 Å². The van der Waals surface area contributed by atoms with Crippen molar-refractivity contribution >= 4 is 5.91 Å². The molecular formula is C25H29N3O4. The van der Waals surface area contributed by atoms with Gasteiger partial charge in [0.05, 0.1) is 20.3 Å². The zero-order valence-electron chi connectivity index (χ0n) is 18.5. The minimum atomic E-state index is -0.259. The Morgan fingerprint density at radius 1 is 1.06 bits per heavy atom. The summed E-state index contributed by atoms with van der Waals surface area (Å²) in [5, 5.41) is 7.03. The molecule has 0 bridgehead atoms. The number of benzene rings is 2. The van der Waals surface area contributed by atoms with Crippen molar-refractivity contribution in [3.8, 4) is 22.8 Å². The number of rotatable bonds is 8. The third-order valence-electron chi connectivity index (χ3n) is 5.90. The van der Waals surface area contributed by atoms with Crippen LogP contribution >= 0.6 is 0 Å². The molecule has 1 saturated heterocycles. The highest BCUT2D eigenvalue weighted by molar-refractivity contribution is 5.93. The van der Waals surface area contributed by atoms with E-state index < -0.39 is 0 Å². The highest BCUT2D eigenvalue weighted by Crippen LogP contribution is 2.31. The first-order chi connectivity index (χ1) is 15.7. The van der Waals surface area contributed by atoms with Crippen molar-refractivity contribution in [1.82, 2.24) is 15.4 Å². The van der Waals surface area contributed by atoms with Crippen LogP contribution < -0.4 is 14.8 Å². The number of aromatic nitrogens is 1. The Bertz CT molecular complexity index is 1030. The van der Waals surface area contributed by atoms with Crippen molar-refractivity contribution in [1.29, 1.82) is 0 Å². The van der Waals surface area contributed by atoms with Crippen molar-refractivity contribution in [3.63, 3.8) is 0 Å². The average Bonchev–Trinajstić information content (AvgIpc) is 3.35. The SMILES string of the molecule is COc1ccc(-c2cc(C(=O)NCC(c3ccccc3OC)N3CCCCC3)no2)cc1. The third kappa shape index (κ3) is 4.94. The number of likely N-dealkylation sites (tertiary alicyclic amines) is 1. The lowest BCUT2D eigenvalue weighted by atomic mass is 10.0. The predicted octanol–water partition coefficient (Wildman–Crippen LogP) is 4.32. The van der Waals surface area contributed by atoms with Gasteiger partial charge < -0.3 is 19.3 Å². The normalized spacial score (nSPS) is 15.2. The Hall–Kier alpha value is -3.32. The summed E-state index contributed by atoms with van der Waals surface area (Å²) in [7, 11) is 3.30. The molecule has 2 heterocycles. The van der Waals surface area contributed by atoms with Crippen LogP contribution in [0, 0.1) is 0 Å². The molecule has 7 nitrogen and oxygen atoms in total. The molecule has 1 unspecified atom stereocenters. The van der Waals surface area contributed by atoms with E-state index in [2.05, 4.69) is 21.4 Å². The van der Waals surface area contributed by atoms with Gasteiger partial charge in [-0.1, -0.05) is 29.8 Å². The topological polar surface area (TPSA) is 76.8 Å². The van der Waals surface area contributed by atoms with Gasteiger partial charge >= 0.3 is 0 Å². The number of hydrogen-bond acceptors (Lipinski definition) is 6. The first kappa shape index (κ1) is 21.9. The number of carbonyl (C=O) groups is 1. The van der Waals surface area contributed by atoms with Gasteiger partial charge in [0.25, 0.3) is 5.91 Å². The summed E-state index contributed by atoms with van der Waals surface area (Å²) in [6.45, 7) is 2.47. The lowest BCUT2D eigenvalue weighted by molar-refractivity contribution is 0.0914. The lowest BCUT2D eigenvalue weighted by Crippen LogP contribution is -2.40. The summed E-state index contributed by atoms with van der Waals surface area (Å²) in [5.74, 6) is 1.87. The molecule has 1 aromatic heterocycles. The molecule has 2 aromatic carbocycles. The maximum absolute atomic E-state index is 12.9. The van der Waals surface area contributed by atoms with Crippen LogP contribution in [0.25, 0.3) is 11.3 Å². The molecule has 1 aliphatic rings. The molecule has 32 heavy (non-hydrogen) atoms. The Morgan fingerprint density at radius 3 is 2.53 bits per heavy atom. The lowest BCUT2D eigenvalue weighted by Gasteiger charge is -2.35. The van der Waals surface area contributed by atoms with E-state index in [1.165, 1.54) is 6.42 Å². The van der Waals surface area contributed by atoms with Gasteiger partial charge in [0.15, 0.2) is 11.5 Å². The standard InChI is InChI=1S/C25H29N3O4/c1-30-19-12-10-18(11-13-19)24-16-21(27-32-24)25(29)26-17-22(28-14-6-3-7-15-28)20-8-4-5-9-23(20)31-2/h4-5,8-13,16,22H,3,6-7,14-15,17H2,1-2H3,(H,26,29). The van der Waals surface area contributed by atoms with E-state index in [4.69, 9.17) is 14.0 Å². The Balaban J connectivity index is 1.48. The fourth-order valence-corrected chi connectivity index (χ4v) is 4.16. The molecule has 7 heteroatoms. The number of ether oxygens (including phenoxy) is 2. The fraction of sp³-hybridized carbons (Fsp3) is 0.360. The second-order valence-corrected chi connectivity index (χ2v) is 7.87. The first-order valence-corrected chi connectivity index (χ1v) is 11.0. The molecule has 0 radical (unpaired) electrons. The molecule has 3 aromatic rings. The van der Waals surface area contributed by atoms with E-state index in [1.807, 2.05) is 42.5 Å². The molecule has 0 aliphatic carbocycles. The number of piperidine rings is 1. The van der Waals surface area contributed by atoms with Crippen LogP contribution in [0.5, 0.6) is 11.5 Å². The molecule has 168 valence electrons. The minimum Gasteiger partial charge on any atom is -0.497 e. The quantitative estimate of drug-likeness (QED) is 0.568. The summed E-state index contributed by atoms with van der Waals surface area (Å²) in [6.07, 6.45) is 3.57. The number of methoxy groups -OCH3 is 2. The van der Waals surface area contributed by atoms with E-state index in [-0.39, 0.29) is 17.6 Å². The van der Waals surface area contributed by atoms with Crippen LogP contribution in [0.4, 0.5) is 0 Å². The summed E-state index contributed by atoms with van der Waals surface area (Å²) in [6, 6.07) is 17.1. The van der Waals surface area contributed by atoms with Crippen LogP contribution in [-0.4, -0.2) is 49.8 Å². The smallest absolute Gasteiger partial charge is 0.273 e. The van der Waals surface area contributed by atoms with Crippen molar-refractivity contribution in [2.75, 3.05) is 33.9 Å². The zero-order chi connectivity index (χ0) is 22.3. The third-order valence-corrected chi connectivity index (χ3v) is 5.90. The monoisotopic (exact) mass is 435 g/mol. The molecule has 0 spiro atoms. The average molecular weight is 436 g/mol. The summed E-state index contributed by atoms with van der Waals surface area (Å²) >= 11 is 0. The largest absolute Gasteiger partial charge is 0.497 e. The van der Waals surface area contributed by atoms with Crippen molar-refractivity contribution in [2.24, 2.45) is 0 Å². The molecule has 4 rings (SSSR count). The van der Waals surface area contributed by atoms with E-state index >= 15 is 0 Å². The number of nitrogens with one attached hydrogen (secondary N) is 1. The summed E-state index contributed by atoms with van der Waals surface area (Å²) < 4.78 is 16.2. The Labute approximate surface area is 188 Å². The number of nitrogens with zero attached hydrogens (tertiary/aromatic N) is 2.